The second-order valence-corrected chi connectivity index (χ2v) is 6.46. The molecule has 2 rings (SSSR count). The maximum absolute atomic E-state index is 12.8. The predicted octanol–water partition coefficient (Wildman–Crippen LogP) is 0.988. The van der Waals surface area contributed by atoms with Crippen molar-refractivity contribution in [2.75, 3.05) is 27.2 Å². The number of rotatable bonds is 4. The van der Waals surface area contributed by atoms with Crippen LogP contribution in [0.5, 0.6) is 0 Å². The van der Waals surface area contributed by atoms with Crippen molar-refractivity contribution in [3.05, 3.63) is 0 Å². The highest BCUT2D eigenvalue weighted by Gasteiger charge is 2.49. The topological polar surface area (TPSA) is 52.7 Å². The minimum atomic E-state index is -0.597. The normalized spacial score (nSPS) is 26.2. The fourth-order valence-electron chi connectivity index (χ4n) is 3.33. The molecule has 0 aromatic carbocycles. The molecule has 0 bridgehead atoms. The van der Waals surface area contributed by atoms with Crippen LogP contribution in [0.3, 0.4) is 0 Å². The fourth-order valence-corrected chi connectivity index (χ4v) is 3.33. The van der Waals surface area contributed by atoms with Gasteiger partial charge in [0.2, 0.25) is 11.8 Å². The first-order chi connectivity index (χ1) is 9.46. The minimum Gasteiger partial charge on any atom is -0.340 e. The van der Waals surface area contributed by atoms with Crippen molar-refractivity contribution in [3.8, 4) is 0 Å². The molecule has 1 saturated heterocycles. The zero-order chi connectivity index (χ0) is 14.8. The van der Waals surface area contributed by atoms with E-state index < -0.39 is 5.54 Å². The summed E-state index contributed by atoms with van der Waals surface area (Å²) < 4.78 is 0. The Labute approximate surface area is 121 Å². The number of hydrogen-bond acceptors (Lipinski definition) is 3. The second-order valence-electron chi connectivity index (χ2n) is 6.46. The van der Waals surface area contributed by atoms with Crippen LogP contribution in [-0.2, 0) is 9.59 Å². The van der Waals surface area contributed by atoms with Gasteiger partial charge in [0, 0.05) is 6.54 Å². The summed E-state index contributed by atoms with van der Waals surface area (Å²) in [4.78, 5) is 28.9. The van der Waals surface area contributed by atoms with Gasteiger partial charge in [-0.1, -0.05) is 19.3 Å². The Hall–Kier alpha value is -1.10. The summed E-state index contributed by atoms with van der Waals surface area (Å²) in [6.07, 6.45) is 5.74. The van der Waals surface area contributed by atoms with Crippen molar-refractivity contribution < 1.29 is 9.59 Å². The highest BCUT2D eigenvalue weighted by Crippen LogP contribution is 2.33. The van der Waals surface area contributed by atoms with Crippen LogP contribution in [0.2, 0.25) is 0 Å². The molecule has 0 aromatic rings. The summed E-state index contributed by atoms with van der Waals surface area (Å²) >= 11 is 0. The Morgan fingerprint density at radius 3 is 2.50 bits per heavy atom. The average Bonchev–Trinajstić information content (AvgIpc) is 2.41. The minimum absolute atomic E-state index is 0.0105. The standard InChI is InChI=1S/C15H27N3O2/c1-12-13(19)16-15(8-5-4-6-9-15)14(20)18(12)11-7-10-17(2)3/h12H,4-11H2,1-3H3,(H,16,19). The van der Waals surface area contributed by atoms with Gasteiger partial charge in [-0.05, 0) is 46.8 Å². The Balaban J connectivity index is 2.07. The van der Waals surface area contributed by atoms with E-state index in [-0.39, 0.29) is 17.9 Å². The third-order valence-electron chi connectivity index (χ3n) is 4.59. The largest absolute Gasteiger partial charge is 0.340 e. The number of amides is 2. The second kappa shape index (κ2) is 6.12. The summed E-state index contributed by atoms with van der Waals surface area (Å²) in [6.45, 7) is 3.44. The van der Waals surface area contributed by atoms with Gasteiger partial charge in [-0.15, -0.1) is 0 Å². The molecule has 0 aromatic heterocycles. The van der Waals surface area contributed by atoms with Gasteiger partial charge in [-0.25, -0.2) is 0 Å². The maximum atomic E-state index is 12.8. The zero-order valence-electron chi connectivity index (χ0n) is 12.9. The highest BCUT2D eigenvalue weighted by molar-refractivity contribution is 5.99. The fraction of sp³-hybridized carbons (Fsp3) is 0.867. The molecule has 1 aliphatic carbocycles. The lowest BCUT2D eigenvalue weighted by atomic mass is 9.78. The molecule has 1 heterocycles. The lowest BCUT2D eigenvalue weighted by Crippen LogP contribution is -2.70. The number of piperazine rings is 1. The van der Waals surface area contributed by atoms with Crippen LogP contribution in [0.15, 0.2) is 0 Å². The van der Waals surface area contributed by atoms with Gasteiger partial charge in [0.15, 0.2) is 0 Å². The molecule has 1 spiro atoms. The number of hydrogen-bond donors (Lipinski definition) is 1. The van der Waals surface area contributed by atoms with Gasteiger partial charge in [0.05, 0.1) is 0 Å². The van der Waals surface area contributed by atoms with Crippen LogP contribution < -0.4 is 5.32 Å². The van der Waals surface area contributed by atoms with Gasteiger partial charge < -0.3 is 15.1 Å². The van der Waals surface area contributed by atoms with Crippen LogP contribution in [0.4, 0.5) is 0 Å². The third kappa shape index (κ3) is 2.97. The molecule has 1 aliphatic heterocycles. The molecular formula is C15H27N3O2. The van der Waals surface area contributed by atoms with Crippen molar-refractivity contribution in [1.82, 2.24) is 15.1 Å². The van der Waals surface area contributed by atoms with E-state index >= 15 is 0 Å². The van der Waals surface area contributed by atoms with Crippen molar-refractivity contribution in [3.63, 3.8) is 0 Å². The molecule has 114 valence electrons. The number of carbonyl (C=O) groups excluding carboxylic acids is 2. The van der Waals surface area contributed by atoms with Crippen LogP contribution in [0.25, 0.3) is 0 Å². The van der Waals surface area contributed by atoms with Crippen LogP contribution in [0.1, 0.15) is 45.4 Å². The van der Waals surface area contributed by atoms with Gasteiger partial charge in [-0.2, -0.15) is 0 Å². The van der Waals surface area contributed by atoms with E-state index in [9.17, 15) is 9.59 Å². The average molecular weight is 281 g/mol. The van der Waals surface area contributed by atoms with Gasteiger partial charge in [0.1, 0.15) is 11.6 Å². The first-order valence-corrected chi connectivity index (χ1v) is 7.74. The van der Waals surface area contributed by atoms with Crippen molar-refractivity contribution in [2.24, 2.45) is 0 Å². The zero-order valence-corrected chi connectivity index (χ0v) is 12.9. The van der Waals surface area contributed by atoms with E-state index in [1.807, 2.05) is 21.0 Å². The molecule has 1 atom stereocenters. The smallest absolute Gasteiger partial charge is 0.248 e. The summed E-state index contributed by atoms with van der Waals surface area (Å²) in [6, 6.07) is -0.336. The van der Waals surface area contributed by atoms with Crippen molar-refractivity contribution in [2.45, 2.75) is 57.0 Å². The Morgan fingerprint density at radius 2 is 1.90 bits per heavy atom. The number of carbonyl (C=O) groups is 2. The van der Waals surface area contributed by atoms with Crippen molar-refractivity contribution >= 4 is 11.8 Å². The molecule has 1 N–H and O–H groups in total. The monoisotopic (exact) mass is 281 g/mol. The third-order valence-corrected chi connectivity index (χ3v) is 4.59. The molecular weight excluding hydrogens is 254 g/mol. The summed E-state index contributed by atoms with van der Waals surface area (Å²) in [7, 11) is 4.05. The van der Waals surface area contributed by atoms with E-state index in [2.05, 4.69) is 10.2 Å². The Bertz CT molecular complexity index is 375. The molecule has 2 fully saturated rings. The van der Waals surface area contributed by atoms with Gasteiger partial charge >= 0.3 is 0 Å². The first kappa shape index (κ1) is 15.3. The quantitative estimate of drug-likeness (QED) is 0.836. The first-order valence-electron chi connectivity index (χ1n) is 7.74. The van der Waals surface area contributed by atoms with Gasteiger partial charge in [-0.3, -0.25) is 9.59 Å². The highest BCUT2D eigenvalue weighted by atomic mass is 16.2. The lowest BCUT2D eigenvalue weighted by molar-refractivity contribution is -0.156. The summed E-state index contributed by atoms with van der Waals surface area (Å²) in [5.74, 6) is 0.152. The predicted molar refractivity (Wildman–Crippen MR) is 78.3 cm³/mol. The van der Waals surface area contributed by atoms with E-state index in [0.717, 1.165) is 38.6 Å². The van der Waals surface area contributed by atoms with E-state index in [1.54, 1.807) is 4.90 Å². The van der Waals surface area contributed by atoms with E-state index in [0.29, 0.717) is 6.54 Å². The SMILES string of the molecule is CC1C(=O)NC2(CCCCC2)C(=O)N1CCCN(C)C. The molecule has 0 radical (unpaired) electrons. The molecule has 2 amide bonds. The van der Waals surface area contributed by atoms with Gasteiger partial charge in [0.25, 0.3) is 0 Å². The molecule has 2 aliphatic rings. The van der Waals surface area contributed by atoms with E-state index in [1.165, 1.54) is 6.42 Å². The van der Waals surface area contributed by atoms with Crippen molar-refractivity contribution in [1.29, 1.82) is 0 Å². The summed E-state index contributed by atoms with van der Waals surface area (Å²) in [5, 5.41) is 3.02. The molecule has 5 heteroatoms. The van der Waals surface area contributed by atoms with E-state index in [4.69, 9.17) is 0 Å². The number of nitrogens with zero attached hydrogens (tertiary/aromatic N) is 2. The summed E-state index contributed by atoms with van der Waals surface area (Å²) in [5.41, 5.74) is -0.597. The number of nitrogens with one attached hydrogen (secondary N) is 1. The lowest BCUT2D eigenvalue weighted by Gasteiger charge is -2.47. The molecule has 1 unspecified atom stereocenters. The Morgan fingerprint density at radius 1 is 1.25 bits per heavy atom. The Kier molecular flexibility index (Phi) is 4.68. The van der Waals surface area contributed by atoms with Crippen LogP contribution in [0, 0.1) is 0 Å². The molecule has 5 nitrogen and oxygen atoms in total. The van der Waals surface area contributed by atoms with Crippen LogP contribution in [-0.4, -0.2) is 60.4 Å². The molecule has 20 heavy (non-hydrogen) atoms. The van der Waals surface area contributed by atoms with Crippen LogP contribution >= 0.6 is 0 Å². The maximum Gasteiger partial charge on any atom is 0.248 e. The molecule has 1 saturated carbocycles.